The molecule has 0 spiro atoms. The maximum Gasteiger partial charge on any atom is 0.337 e. The third-order valence-electron chi connectivity index (χ3n) is 4.88. The van der Waals surface area contributed by atoms with Gasteiger partial charge in [-0.2, -0.15) is 0 Å². The number of carboxylic acid groups (broad SMARTS) is 1. The van der Waals surface area contributed by atoms with Crippen LogP contribution in [0.4, 0.5) is 5.69 Å². The molecule has 1 aliphatic rings. The van der Waals surface area contributed by atoms with Crippen LogP contribution in [-0.4, -0.2) is 25.5 Å². The number of rotatable bonds is 7. The van der Waals surface area contributed by atoms with Crippen LogP contribution in [0.5, 0.6) is 0 Å². The number of carboxylic acids is 1. The van der Waals surface area contributed by atoms with Crippen molar-refractivity contribution < 1.29 is 18.3 Å². The average Bonchev–Trinajstić information content (AvgIpc) is 3.14. The van der Waals surface area contributed by atoms with Crippen LogP contribution >= 0.6 is 0 Å². The molecule has 2 aromatic rings. The van der Waals surface area contributed by atoms with Gasteiger partial charge in [0.1, 0.15) is 0 Å². The van der Waals surface area contributed by atoms with E-state index in [1.165, 1.54) is 18.2 Å². The van der Waals surface area contributed by atoms with Gasteiger partial charge in [-0.15, -0.1) is 0 Å². The van der Waals surface area contributed by atoms with Crippen LogP contribution in [0.25, 0.3) is 0 Å². The molecule has 0 aliphatic heterocycles. The van der Waals surface area contributed by atoms with E-state index in [0.717, 1.165) is 31.2 Å². The van der Waals surface area contributed by atoms with Crippen LogP contribution in [-0.2, 0) is 10.0 Å². The molecule has 6 nitrogen and oxygen atoms in total. The van der Waals surface area contributed by atoms with E-state index in [2.05, 4.69) is 10.0 Å². The molecule has 0 bridgehead atoms. The lowest BCUT2D eigenvalue weighted by molar-refractivity contribution is 0.0697. The first-order valence-electron chi connectivity index (χ1n) is 9.08. The highest BCUT2D eigenvalue weighted by molar-refractivity contribution is 7.89. The second-order valence-corrected chi connectivity index (χ2v) is 8.61. The molecular weight excluding hydrogens is 364 g/mol. The minimum atomic E-state index is -3.74. The topological polar surface area (TPSA) is 95.5 Å². The molecule has 27 heavy (non-hydrogen) atoms. The highest BCUT2D eigenvalue weighted by atomic mass is 32.2. The summed E-state index contributed by atoms with van der Waals surface area (Å²) in [6.45, 7) is 1.92. The minimum Gasteiger partial charge on any atom is -0.478 e. The number of benzene rings is 2. The van der Waals surface area contributed by atoms with E-state index in [1.54, 1.807) is 0 Å². The summed E-state index contributed by atoms with van der Waals surface area (Å²) in [5.74, 6) is -1.17. The Kier molecular flexibility index (Phi) is 5.82. The maximum atomic E-state index is 12.6. The number of carbonyl (C=O) groups is 1. The summed E-state index contributed by atoms with van der Waals surface area (Å²) in [6.07, 6.45) is 3.65. The van der Waals surface area contributed by atoms with Gasteiger partial charge in [0.15, 0.2) is 0 Å². The highest BCUT2D eigenvalue weighted by Crippen LogP contribution is 2.26. The predicted octanol–water partition coefficient (Wildman–Crippen LogP) is 3.78. The lowest BCUT2D eigenvalue weighted by Gasteiger charge is -2.18. The molecule has 1 aliphatic carbocycles. The summed E-state index contributed by atoms with van der Waals surface area (Å²) in [5.41, 5.74) is 1.33. The van der Waals surface area contributed by atoms with Crippen molar-refractivity contribution in [3.8, 4) is 0 Å². The molecule has 0 unspecified atom stereocenters. The quantitative estimate of drug-likeness (QED) is 0.671. The van der Waals surface area contributed by atoms with Gasteiger partial charge >= 0.3 is 5.97 Å². The maximum absolute atomic E-state index is 12.6. The zero-order chi connectivity index (χ0) is 19.4. The predicted molar refractivity (Wildman–Crippen MR) is 104 cm³/mol. The minimum absolute atomic E-state index is 0.0234. The zero-order valence-electron chi connectivity index (χ0n) is 15.2. The molecule has 1 fully saturated rings. The highest BCUT2D eigenvalue weighted by Gasteiger charge is 2.24. The second kappa shape index (κ2) is 8.10. The summed E-state index contributed by atoms with van der Waals surface area (Å²) in [5, 5.41) is 12.7. The van der Waals surface area contributed by atoms with Crippen molar-refractivity contribution in [2.24, 2.45) is 0 Å². The molecule has 0 saturated heterocycles. The van der Waals surface area contributed by atoms with E-state index in [-0.39, 0.29) is 22.5 Å². The van der Waals surface area contributed by atoms with Crippen molar-refractivity contribution in [3.05, 3.63) is 59.7 Å². The van der Waals surface area contributed by atoms with Crippen molar-refractivity contribution >= 4 is 21.7 Å². The van der Waals surface area contributed by atoms with Crippen LogP contribution in [0.2, 0.25) is 0 Å². The molecule has 144 valence electrons. The first-order chi connectivity index (χ1) is 12.9. The fourth-order valence-electron chi connectivity index (χ4n) is 3.38. The molecule has 0 radical (unpaired) electrons. The van der Waals surface area contributed by atoms with Crippen LogP contribution in [0.3, 0.4) is 0 Å². The zero-order valence-corrected chi connectivity index (χ0v) is 16.0. The van der Waals surface area contributed by atoms with E-state index in [1.807, 2.05) is 37.3 Å². The van der Waals surface area contributed by atoms with Crippen LogP contribution in [0, 0.1) is 0 Å². The Labute approximate surface area is 159 Å². The lowest BCUT2D eigenvalue weighted by Crippen LogP contribution is -2.32. The summed E-state index contributed by atoms with van der Waals surface area (Å²) >= 11 is 0. The van der Waals surface area contributed by atoms with Crippen LogP contribution in [0.1, 0.15) is 54.6 Å². The van der Waals surface area contributed by atoms with Crippen molar-refractivity contribution in [1.29, 1.82) is 0 Å². The van der Waals surface area contributed by atoms with Gasteiger partial charge in [0, 0.05) is 17.8 Å². The van der Waals surface area contributed by atoms with Crippen molar-refractivity contribution in [2.45, 2.75) is 49.6 Å². The number of anilines is 1. The molecule has 0 aromatic heterocycles. The van der Waals surface area contributed by atoms with E-state index < -0.39 is 16.0 Å². The Morgan fingerprint density at radius 1 is 1.11 bits per heavy atom. The number of hydrogen-bond acceptors (Lipinski definition) is 4. The van der Waals surface area contributed by atoms with Gasteiger partial charge in [0.05, 0.1) is 10.5 Å². The van der Waals surface area contributed by atoms with Crippen molar-refractivity contribution in [1.82, 2.24) is 4.72 Å². The molecular formula is C20H24N2O4S. The fourth-order valence-corrected chi connectivity index (χ4v) is 4.71. The number of hydrogen-bond donors (Lipinski definition) is 3. The van der Waals surface area contributed by atoms with Gasteiger partial charge in [0.25, 0.3) is 0 Å². The number of nitrogens with one attached hydrogen (secondary N) is 2. The standard InChI is InChI=1S/C20H24N2O4S/c1-14(15-7-3-2-4-8-15)21-19-12-11-17(13-18(19)20(23)24)27(25,26)22-16-9-5-6-10-16/h2-4,7-8,11-14,16,21-22H,5-6,9-10H2,1H3,(H,23,24)/t14-/m1/s1. The summed E-state index contributed by atoms with van der Waals surface area (Å²) in [7, 11) is -3.74. The molecule has 7 heteroatoms. The summed E-state index contributed by atoms with van der Waals surface area (Å²) in [6, 6.07) is 13.6. The normalized spacial score (nSPS) is 16.2. The summed E-state index contributed by atoms with van der Waals surface area (Å²) < 4.78 is 27.9. The molecule has 0 amide bonds. The largest absolute Gasteiger partial charge is 0.478 e. The van der Waals surface area contributed by atoms with Crippen molar-refractivity contribution in [2.75, 3.05) is 5.32 Å². The van der Waals surface area contributed by atoms with Crippen LogP contribution < -0.4 is 10.0 Å². The van der Waals surface area contributed by atoms with Gasteiger partial charge in [-0.1, -0.05) is 43.2 Å². The Morgan fingerprint density at radius 2 is 1.78 bits per heavy atom. The molecule has 0 heterocycles. The van der Waals surface area contributed by atoms with Gasteiger partial charge in [-0.3, -0.25) is 0 Å². The molecule has 3 N–H and O–H groups in total. The van der Waals surface area contributed by atoms with Crippen LogP contribution in [0.15, 0.2) is 53.4 Å². The van der Waals surface area contributed by atoms with E-state index in [9.17, 15) is 18.3 Å². The SMILES string of the molecule is C[C@@H](Nc1ccc(S(=O)(=O)NC2CCCC2)cc1C(=O)O)c1ccccc1. The van der Waals surface area contributed by atoms with Gasteiger partial charge in [-0.25, -0.2) is 17.9 Å². The molecule has 1 atom stereocenters. The third kappa shape index (κ3) is 4.67. The smallest absolute Gasteiger partial charge is 0.337 e. The molecule has 1 saturated carbocycles. The average molecular weight is 388 g/mol. The fraction of sp³-hybridized carbons (Fsp3) is 0.350. The Bertz CT molecular complexity index is 907. The van der Waals surface area contributed by atoms with Gasteiger partial charge in [0.2, 0.25) is 10.0 Å². The number of aromatic carboxylic acids is 1. The van der Waals surface area contributed by atoms with E-state index in [0.29, 0.717) is 5.69 Å². The number of sulfonamides is 1. The van der Waals surface area contributed by atoms with Crippen molar-refractivity contribution in [3.63, 3.8) is 0 Å². The Balaban J connectivity index is 1.85. The van der Waals surface area contributed by atoms with E-state index >= 15 is 0 Å². The molecule has 3 rings (SSSR count). The first-order valence-corrected chi connectivity index (χ1v) is 10.6. The summed E-state index contributed by atoms with van der Waals surface area (Å²) in [4.78, 5) is 11.7. The lowest BCUT2D eigenvalue weighted by atomic mass is 10.1. The van der Waals surface area contributed by atoms with Gasteiger partial charge < -0.3 is 10.4 Å². The monoisotopic (exact) mass is 388 g/mol. The van der Waals surface area contributed by atoms with Gasteiger partial charge in [-0.05, 0) is 43.5 Å². The van der Waals surface area contributed by atoms with E-state index in [4.69, 9.17) is 0 Å². The first kappa shape index (κ1) is 19.4. The molecule has 2 aromatic carbocycles. The Morgan fingerprint density at radius 3 is 2.41 bits per heavy atom. The third-order valence-corrected chi connectivity index (χ3v) is 6.40. The second-order valence-electron chi connectivity index (χ2n) is 6.89. The Hall–Kier alpha value is -2.38.